The van der Waals surface area contributed by atoms with Crippen molar-refractivity contribution >= 4 is 5.82 Å². The fourth-order valence-electron chi connectivity index (χ4n) is 3.58. The molecular formula is C19H24N4O2. The topological polar surface area (TPSA) is 69.2 Å². The average Bonchev–Trinajstić information content (AvgIpc) is 3.10. The van der Waals surface area contributed by atoms with Gasteiger partial charge in [-0.25, -0.2) is 9.97 Å². The van der Waals surface area contributed by atoms with E-state index in [1.165, 1.54) is 11.3 Å². The van der Waals surface area contributed by atoms with E-state index in [0.717, 1.165) is 49.6 Å². The summed E-state index contributed by atoms with van der Waals surface area (Å²) in [7, 11) is 0. The molecule has 0 unspecified atom stereocenters. The third kappa shape index (κ3) is 3.80. The quantitative estimate of drug-likeness (QED) is 0.902. The lowest BCUT2D eigenvalue weighted by Gasteiger charge is -2.32. The highest BCUT2D eigenvalue weighted by Crippen LogP contribution is 2.28. The summed E-state index contributed by atoms with van der Waals surface area (Å²) in [6, 6.07) is 5.98. The molecule has 1 fully saturated rings. The van der Waals surface area contributed by atoms with Crippen LogP contribution >= 0.6 is 0 Å². The van der Waals surface area contributed by atoms with Gasteiger partial charge >= 0.3 is 0 Å². The molecule has 0 radical (unpaired) electrons. The molecule has 25 heavy (non-hydrogen) atoms. The number of ether oxygens (including phenoxy) is 2. The molecule has 2 aromatic rings. The van der Waals surface area contributed by atoms with Crippen molar-refractivity contribution in [3.63, 3.8) is 0 Å². The van der Waals surface area contributed by atoms with Gasteiger partial charge in [-0.2, -0.15) is 0 Å². The van der Waals surface area contributed by atoms with Gasteiger partial charge < -0.3 is 14.8 Å². The minimum absolute atomic E-state index is 0.0862. The molecule has 6 nitrogen and oxygen atoms in total. The summed E-state index contributed by atoms with van der Waals surface area (Å²) in [4.78, 5) is 13.6. The third-order valence-electron chi connectivity index (χ3n) is 4.83. The molecule has 1 saturated heterocycles. The van der Waals surface area contributed by atoms with E-state index in [2.05, 4.69) is 20.3 Å². The Bertz CT molecular complexity index is 723. The Labute approximate surface area is 148 Å². The van der Waals surface area contributed by atoms with Crippen molar-refractivity contribution in [3.8, 4) is 0 Å². The summed E-state index contributed by atoms with van der Waals surface area (Å²) in [5.74, 6) is 1.78. The van der Waals surface area contributed by atoms with E-state index < -0.39 is 0 Å². The zero-order chi connectivity index (χ0) is 17.1. The Balaban J connectivity index is 1.46. The first-order chi connectivity index (χ1) is 12.3. The molecule has 0 aromatic carbocycles. The molecule has 1 aliphatic heterocycles. The number of nitrogens with one attached hydrogen (secondary N) is 1. The fourth-order valence-corrected chi connectivity index (χ4v) is 3.58. The highest BCUT2D eigenvalue weighted by Gasteiger charge is 2.29. The molecule has 0 spiro atoms. The van der Waals surface area contributed by atoms with Gasteiger partial charge in [0.25, 0.3) is 0 Å². The van der Waals surface area contributed by atoms with Crippen LogP contribution in [-0.2, 0) is 28.9 Å². The first-order valence-electron chi connectivity index (χ1n) is 9.02. The van der Waals surface area contributed by atoms with Crippen molar-refractivity contribution in [2.75, 3.05) is 18.5 Å². The largest absolute Gasteiger partial charge is 0.379 e. The Morgan fingerprint density at radius 2 is 2.24 bits per heavy atom. The Hall–Kier alpha value is -2.05. The van der Waals surface area contributed by atoms with Gasteiger partial charge in [0.1, 0.15) is 11.6 Å². The zero-order valence-corrected chi connectivity index (χ0v) is 14.6. The number of nitrogens with zero attached hydrogens (tertiary/aromatic N) is 3. The normalized spacial score (nSPS) is 22.6. The monoisotopic (exact) mass is 340 g/mol. The Morgan fingerprint density at radius 3 is 3.12 bits per heavy atom. The number of anilines is 1. The number of fused-ring (bicyclic) bond motifs is 1. The van der Waals surface area contributed by atoms with Crippen molar-refractivity contribution < 1.29 is 9.47 Å². The summed E-state index contributed by atoms with van der Waals surface area (Å²) in [5, 5.41) is 3.59. The summed E-state index contributed by atoms with van der Waals surface area (Å²) >= 11 is 0. The number of hydrogen-bond donors (Lipinski definition) is 1. The number of rotatable bonds is 5. The summed E-state index contributed by atoms with van der Waals surface area (Å²) in [6.45, 7) is 3.83. The van der Waals surface area contributed by atoms with Gasteiger partial charge in [-0.15, -0.1) is 0 Å². The van der Waals surface area contributed by atoms with E-state index in [4.69, 9.17) is 9.47 Å². The van der Waals surface area contributed by atoms with Gasteiger partial charge in [-0.1, -0.05) is 6.07 Å². The van der Waals surface area contributed by atoms with Gasteiger partial charge in [0, 0.05) is 24.1 Å². The number of hydrogen-bond acceptors (Lipinski definition) is 6. The lowest BCUT2D eigenvalue weighted by molar-refractivity contribution is -0.0487. The molecule has 132 valence electrons. The van der Waals surface area contributed by atoms with E-state index in [-0.39, 0.29) is 12.1 Å². The van der Waals surface area contributed by atoms with E-state index in [0.29, 0.717) is 13.2 Å². The van der Waals surface area contributed by atoms with Crippen molar-refractivity contribution in [3.05, 3.63) is 47.2 Å². The lowest BCUT2D eigenvalue weighted by Crippen LogP contribution is -2.44. The average molecular weight is 340 g/mol. The van der Waals surface area contributed by atoms with Gasteiger partial charge in [-0.3, -0.25) is 4.98 Å². The van der Waals surface area contributed by atoms with Crippen molar-refractivity contribution in [1.82, 2.24) is 15.0 Å². The second-order valence-electron chi connectivity index (χ2n) is 6.68. The second kappa shape index (κ2) is 7.45. The minimum Gasteiger partial charge on any atom is -0.379 e. The predicted octanol–water partition coefficient (Wildman–Crippen LogP) is 2.45. The molecular weight excluding hydrogens is 316 g/mol. The van der Waals surface area contributed by atoms with Crippen LogP contribution in [-0.4, -0.2) is 40.3 Å². The molecule has 0 bridgehead atoms. The van der Waals surface area contributed by atoms with Crippen LogP contribution in [0.15, 0.2) is 24.4 Å². The van der Waals surface area contributed by atoms with Crippen molar-refractivity contribution in [1.29, 1.82) is 0 Å². The molecule has 1 N–H and O–H groups in total. The van der Waals surface area contributed by atoms with Crippen molar-refractivity contribution in [2.45, 2.75) is 51.4 Å². The van der Waals surface area contributed by atoms with Crippen LogP contribution in [0.25, 0.3) is 0 Å². The summed E-state index contributed by atoms with van der Waals surface area (Å²) < 4.78 is 11.8. The van der Waals surface area contributed by atoms with E-state index in [1.54, 1.807) is 6.20 Å². The molecule has 0 amide bonds. The van der Waals surface area contributed by atoms with Gasteiger partial charge in [0.2, 0.25) is 0 Å². The number of aromatic nitrogens is 3. The van der Waals surface area contributed by atoms with Crippen molar-refractivity contribution in [2.24, 2.45) is 0 Å². The lowest BCUT2D eigenvalue weighted by atomic mass is 10.1. The standard InChI is InChI=1S/C19H24N4O2/c1-13-21-16-7-4-6-15(16)19(22-13)23-17-12-24-10-8-18(17)25-11-14-5-2-3-9-20-14/h2-3,5,9,17-18H,4,6-8,10-12H2,1H3,(H,21,22,23)/t17-,18-/m1/s1. The number of aryl methyl sites for hydroxylation is 2. The summed E-state index contributed by atoms with van der Waals surface area (Å²) in [6.07, 6.45) is 6.01. The number of pyridine rings is 1. The molecule has 3 heterocycles. The fraction of sp³-hybridized carbons (Fsp3) is 0.526. The van der Waals surface area contributed by atoms with Crippen LogP contribution in [0.3, 0.4) is 0 Å². The molecule has 4 rings (SSSR count). The maximum Gasteiger partial charge on any atom is 0.133 e. The van der Waals surface area contributed by atoms with E-state index >= 15 is 0 Å². The second-order valence-corrected chi connectivity index (χ2v) is 6.68. The highest BCUT2D eigenvalue weighted by molar-refractivity contribution is 5.49. The molecule has 2 aliphatic rings. The van der Waals surface area contributed by atoms with Crippen LogP contribution in [0.1, 0.15) is 35.6 Å². The van der Waals surface area contributed by atoms with Crippen LogP contribution < -0.4 is 5.32 Å². The maximum absolute atomic E-state index is 6.16. The van der Waals surface area contributed by atoms with Gasteiger partial charge in [-0.05, 0) is 44.7 Å². The maximum atomic E-state index is 6.16. The smallest absolute Gasteiger partial charge is 0.133 e. The van der Waals surface area contributed by atoms with Crippen LogP contribution in [0.2, 0.25) is 0 Å². The SMILES string of the molecule is Cc1nc2c(c(N[C@@H]3COCC[C@H]3OCc3ccccn3)n1)CCC2. The van der Waals surface area contributed by atoms with E-state index in [9.17, 15) is 0 Å². The molecule has 2 aromatic heterocycles. The van der Waals surface area contributed by atoms with Crippen LogP contribution in [0.5, 0.6) is 0 Å². The van der Waals surface area contributed by atoms with Crippen LogP contribution in [0.4, 0.5) is 5.82 Å². The van der Waals surface area contributed by atoms with E-state index in [1.807, 2.05) is 25.1 Å². The zero-order valence-electron chi connectivity index (χ0n) is 14.6. The molecule has 6 heteroatoms. The molecule has 0 saturated carbocycles. The van der Waals surface area contributed by atoms with Gasteiger partial charge in [0.05, 0.1) is 31.1 Å². The summed E-state index contributed by atoms with van der Waals surface area (Å²) in [5.41, 5.74) is 3.41. The first-order valence-corrected chi connectivity index (χ1v) is 9.02. The molecule has 2 atom stereocenters. The Morgan fingerprint density at radius 1 is 1.28 bits per heavy atom. The van der Waals surface area contributed by atoms with Gasteiger partial charge in [0.15, 0.2) is 0 Å². The minimum atomic E-state index is 0.0862. The third-order valence-corrected chi connectivity index (χ3v) is 4.83. The highest BCUT2D eigenvalue weighted by atomic mass is 16.5. The molecule has 1 aliphatic carbocycles. The van der Waals surface area contributed by atoms with Crippen LogP contribution in [0, 0.1) is 6.92 Å². The predicted molar refractivity (Wildman–Crippen MR) is 94.5 cm³/mol. The Kier molecular flexibility index (Phi) is 4.90. The first kappa shape index (κ1) is 16.4.